The number of fused-ring (bicyclic) bond motifs is 2. The van der Waals surface area contributed by atoms with E-state index in [1.807, 2.05) is 40.5 Å². The first kappa shape index (κ1) is 19.4. The van der Waals surface area contributed by atoms with Crippen LogP contribution in [0.3, 0.4) is 0 Å². The Bertz CT molecular complexity index is 1030. The first-order valence-electron chi connectivity index (χ1n) is 10.8. The number of rotatable bonds is 6. The van der Waals surface area contributed by atoms with Crippen LogP contribution in [-0.2, 0) is 4.79 Å². The molecule has 6 heteroatoms. The predicted octanol–water partition coefficient (Wildman–Crippen LogP) is 4.23. The Labute approximate surface area is 181 Å². The van der Waals surface area contributed by atoms with E-state index in [4.69, 9.17) is 4.74 Å². The number of para-hydroxylation sites is 2. The van der Waals surface area contributed by atoms with Crippen LogP contribution in [0.25, 0.3) is 10.1 Å². The number of hydrogen-bond acceptors (Lipinski definition) is 5. The van der Waals surface area contributed by atoms with Gasteiger partial charge in [-0.25, -0.2) is 0 Å². The van der Waals surface area contributed by atoms with E-state index in [0.717, 1.165) is 63.5 Å². The monoisotopic (exact) mass is 421 g/mol. The van der Waals surface area contributed by atoms with E-state index in [1.54, 1.807) is 0 Å². The molecule has 156 valence electrons. The second-order valence-corrected chi connectivity index (χ2v) is 8.89. The van der Waals surface area contributed by atoms with E-state index in [0.29, 0.717) is 0 Å². The van der Waals surface area contributed by atoms with Crippen LogP contribution in [0.1, 0.15) is 12.8 Å². The second kappa shape index (κ2) is 8.66. The van der Waals surface area contributed by atoms with Crippen LogP contribution in [0.4, 0.5) is 11.4 Å². The molecule has 0 atom stereocenters. The molecule has 3 heterocycles. The maximum absolute atomic E-state index is 12.3. The summed E-state index contributed by atoms with van der Waals surface area (Å²) in [4.78, 5) is 19.2. The van der Waals surface area contributed by atoms with Crippen molar-refractivity contribution in [1.29, 1.82) is 0 Å². The summed E-state index contributed by atoms with van der Waals surface area (Å²) in [5.41, 5.74) is 2.28. The Morgan fingerprint density at radius 1 is 0.867 bits per heavy atom. The number of benzene rings is 2. The molecule has 2 aliphatic rings. The predicted molar refractivity (Wildman–Crippen MR) is 124 cm³/mol. The van der Waals surface area contributed by atoms with Crippen molar-refractivity contribution in [3.63, 3.8) is 0 Å². The van der Waals surface area contributed by atoms with Crippen LogP contribution in [0, 0.1) is 0 Å². The highest BCUT2D eigenvalue weighted by atomic mass is 32.1. The molecule has 0 N–H and O–H groups in total. The highest BCUT2D eigenvalue weighted by Crippen LogP contribution is 2.32. The molecule has 0 bridgehead atoms. The Morgan fingerprint density at radius 3 is 2.57 bits per heavy atom. The summed E-state index contributed by atoms with van der Waals surface area (Å²) in [5.74, 6) is 0.874. The lowest BCUT2D eigenvalue weighted by Gasteiger charge is -2.36. The number of nitrogens with zero attached hydrogens (tertiary/aromatic N) is 3. The summed E-state index contributed by atoms with van der Waals surface area (Å²) in [6.07, 6.45) is 2.11. The zero-order valence-electron chi connectivity index (χ0n) is 17.1. The molecule has 0 spiro atoms. The third-order valence-electron chi connectivity index (χ3n) is 6.10. The van der Waals surface area contributed by atoms with Crippen LogP contribution in [0.5, 0.6) is 5.75 Å². The van der Waals surface area contributed by atoms with Crippen molar-refractivity contribution in [3.05, 3.63) is 53.9 Å². The largest absolute Gasteiger partial charge is 0.482 e. The summed E-state index contributed by atoms with van der Waals surface area (Å²) in [7, 11) is 0. The van der Waals surface area contributed by atoms with Crippen molar-refractivity contribution in [2.24, 2.45) is 0 Å². The highest BCUT2D eigenvalue weighted by molar-refractivity contribution is 7.17. The number of anilines is 2. The molecule has 5 rings (SSSR count). The third-order valence-corrected chi connectivity index (χ3v) is 6.98. The summed E-state index contributed by atoms with van der Waals surface area (Å²) in [6.45, 7) is 6.35. The van der Waals surface area contributed by atoms with Crippen LogP contribution < -0.4 is 14.5 Å². The van der Waals surface area contributed by atoms with Crippen LogP contribution >= 0.6 is 11.3 Å². The summed E-state index contributed by atoms with van der Waals surface area (Å²) in [6, 6.07) is 16.7. The van der Waals surface area contributed by atoms with E-state index in [9.17, 15) is 4.79 Å². The number of carbonyl (C=O) groups is 1. The van der Waals surface area contributed by atoms with Gasteiger partial charge in [0.2, 0.25) is 0 Å². The van der Waals surface area contributed by atoms with Crippen molar-refractivity contribution in [3.8, 4) is 5.75 Å². The quantitative estimate of drug-likeness (QED) is 0.558. The van der Waals surface area contributed by atoms with Gasteiger partial charge >= 0.3 is 0 Å². The Balaban J connectivity index is 1.10. The first-order chi connectivity index (χ1) is 14.8. The van der Waals surface area contributed by atoms with Crippen molar-refractivity contribution in [1.82, 2.24) is 4.90 Å². The standard InChI is InChI=1S/C24H27N3O2S/c28-24-18-29-22-8-2-1-6-21(22)27(24)12-4-3-11-25-13-15-26(16-14-25)20-7-5-9-23-19(20)10-17-30-23/h1-2,5-10,17H,3-4,11-16,18H2. The number of amides is 1. The lowest BCUT2D eigenvalue weighted by Crippen LogP contribution is -2.46. The molecule has 3 aromatic rings. The number of thiophene rings is 1. The minimum atomic E-state index is 0.0601. The Hall–Kier alpha value is -2.57. The lowest BCUT2D eigenvalue weighted by atomic mass is 10.1. The van der Waals surface area contributed by atoms with Gasteiger partial charge in [0.25, 0.3) is 5.91 Å². The van der Waals surface area contributed by atoms with E-state index < -0.39 is 0 Å². The summed E-state index contributed by atoms with van der Waals surface area (Å²) >= 11 is 1.81. The average Bonchev–Trinajstić information content (AvgIpc) is 3.27. The first-order valence-corrected chi connectivity index (χ1v) is 11.6. The molecular formula is C24H27N3O2S. The number of ether oxygens (including phenoxy) is 1. The van der Waals surface area contributed by atoms with E-state index in [1.165, 1.54) is 15.8 Å². The molecule has 1 saturated heterocycles. The van der Waals surface area contributed by atoms with Crippen molar-refractivity contribution in [2.45, 2.75) is 12.8 Å². The van der Waals surface area contributed by atoms with Gasteiger partial charge in [-0.1, -0.05) is 18.2 Å². The van der Waals surface area contributed by atoms with Crippen molar-refractivity contribution >= 4 is 38.7 Å². The normalized spacial score (nSPS) is 17.3. The minimum Gasteiger partial charge on any atom is -0.482 e. The van der Waals surface area contributed by atoms with Gasteiger partial charge < -0.3 is 14.5 Å². The van der Waals surface area contributed by atoms with Crippen LogP contribution in [0.15, 0.2) is 53.9 Å². The van der Waals surface area contributed by atoms with Gasteiger partial charge in [-0.2, -0.15) is 0 Å². The molecule has 2 aliphatic heterocycles. The van der Waals surface area contributed by atoms with Gasteiger partial charge in [0, 0.05) is 48.5 Å². The number of carbonyl (C=O) groups excluding carboxylic acids is 1. The van der Waals surface area contributed by atoms with Gasteiger partial charge in [0.1, 0.15) is 5.75 Å². The van der Waals surface area contributed by atoms with Gasteiger partial charge in [-0.3, -0.25) is 9.69 Å². The van der Waals surface area contributed by atoms with Gasteiger partial charge in [-0.15, -0.1) is 11.3 Å². The number of hydrogen-bond donors (Lipinski definition) is 0. The minimum absolute atomic E-state index is 0.0601. The smallest absolute Gasteiger partial charge is 0.265 e. The topological polar surface area (TPSA) is 36.0 Å². The molecule has 0 aliphatic carbocycles. The van der Waals surface area contributed by atoms with E-state index >= 15 is 0 Å². The molecule has 5 nitrogen and oxygen atoms in total. The van der Waals surface area contributed by atoms with Gasteiger partial charge in [0.05, 0.1) is 5.69 Å². The number of piperazine rings is 1. The fraction of sp³-hybridized carbons (Fsp3) is 0.375. The fourth-order valence-electron chi connectivity index (χ4n) is 4.47. The highest BCUT2D eigenvalue weighted by Gasteiger charge is 2.24. The fourth-order valence-corrected chi connectivity index (χ4v) is 5.28. The summed E-state index contributed by atoms with van der Waals surface area (Å²) in [5, 5.41) is 3.56. The third kappa shape index (κ3) is 3.89. The molecule has 0 unspecified atom stereocenters. The molecule has 0 radical (unpaired) electrons. The van der Waals surface area contributed by atoms with Crippen LogP contribution in [-0.4, -0.2) is 56.7 Å². The zero-order chi connectivity index (χ0) is 20.3. The van der Waals surface area contributed by atoms with Crippen LogP contribution in [0.2, 0.25) is 0 Å². The van der Waals surface area contributed by atoms with Crippen molar-refractivity contribution < 1.29 is 9.53 Å². The van der Waals surface area contributed by atoms with E-state index in [-0.39, 0.29) is 12.5 Å². The Morgan fingerprint density at radius 2 is 1.67 bits per heavy atom. The summed E-state index contributed by atoms with van der Waals surface area (Å²) < 4.78 is 6.90. The molecule has 0 saturated carbocycles. The van der Waals surface area contributed by atoms with Crippen molar-refractivity contribution in [2.75, 3.05) is 55.7 Å². The number of unbranched alkanes of at least 4 members (excludes halogenated alkanes) is 1. The second-order valence-electron chi connectivity index (χ2n) is 7.95. The van der Waals surface area contributed by atoms with Gasteiger partial charge in [-0.05, 0) is 55.1 Å². The zero-order valence-corrected chi connectivity index (χ0v) is 17.9. The molecule has 1 aromatic heterocycles. The molecule has 30 heavy (non-hydrogen) atoms. The maximum Gasteiger partial charge on any atom is 0.265 e. The molecule has 2 aromatic carbocycles. The van der Waals surface area contributed by atoms with E-state index in [2.05, 4.69) is 39.4 Å². The molecular weight excluding hydrogens is 394 g/mol. The average molecular weight is 422 g/mol. The molecule has 1 fully saturated rings. The maximum atomic E-state index is 12.3. The Kier molecular flexibility index (Phi) is 5.60. The van der Waals surface area contributed by atoms with Gasteiger partial charge in [0.15, 0.2) is 6.61 Å². The molecule has 1 amide bonds. The lowest BCUT2D eigenvalue weighted by molar-refractivity contribution is -0.121. The SMILES string of the molecule is O=C1COc2ccccc2N1CCCCN1CCN(c2cccc3sccc23)CC1.